The third-order valence-corrected chi connectivity index (χ3v) is 6.24. The van der Waals surface area contributed by atoms with Crippen molar-refractivity contribution in [2.24, 2.45) is 0 Å². The number of carbonyl (C=O) groups excluding carboxylic acids is 1. The van der Waals surface area contributed by atoms with Gasteiger partial charge in [0.15, 0.2) is 5.76 Å². The van der Waals surface area contributed by atoms with E-state index in [2.05, 4.69) is 15.5 Å². The molecule has 0 saturated carbocycles. The van der Waals surface area contributed by atoms with Crippen LogP contribution in [0.5, 0.6) is 0 Å². The molecule has 1 amide bonds. The zero-order chi connectivity index (χ0) is 23.2. The number of nitro groups is 1. The summed E-state index contributed by atoms with van der Waals surface area (Å²) in [6.45, 7) is 6.91. The third-order valence-electron chi connectivity index (χ3n) is 5.06. The number of nitrogens with one attached hydrogen (secondary N) is 1. The molecule has 0 aromatic carbocycles. The Morgan fingerprint density at radius 2 is 2.06 bits per heavy atom. The minimum absolute atomic E-state index is 0.0120. The first-order chi connectivity index (χ1) is 15.2. The summed E-state index contributed by atoms with van der Waals surface area (Å²) in [5, 5.41) is 15.8. The van der Waals surface area contributed by atoms with Crippen LogP contribution < -0.4 is 11.0 Å². The molecule has 0 fully saturated rings. The second-order valence-corrected chi connectivity index (χ2v) is 8.34. The lowest BCUT2D eigenvalue weighted by Crippen LogP contribution is -2.35. The monoisotopic (exact) mass is 456 g/mol. The van der Waals surface area contributed by atoms with Gasteiger partial charge in [-0.2, -0.15) is 5.10 Å². The Labute approximate surface area is 185 Å². The Morgan fingerprint density at radius 1 is 1.31 bits per heavy atom. The fraction of sp³-hybridized carbons (Fsp3) is 0.300. The van der Waals surface area contributed by atoms with Crippen LogP contribution in [0.25, 0.3) is 10.2 Å². The molecule has 166 valence electrons. The Balaban J connectivity index is 1.57. The predicted molar refractivity (Wildman–Crippen MR) is 118 cm³/mol. The van der Waals surface area contributed by atoms with Gasteiger partial charge in [0.25, 0.3) is 5.56 Å². The minimum Gasteiger partial charge on any atom is -0.454 e. The van der Waals surface area contributed by atoms with Gasteiger partial charge in [0, 0.05) is 4.88 Å². The molecule has 4 rings (SSSR count). The highest BCUT2D eigenvalue weighted by Gasteiger charge is 2.23. The van der Waals surface area contributed by atoms with E-state index in [0.717, 1.165) is 16.0 Å². The third kappa shape index (κ3) is 3.68. The van der Waals surface area contributed by atoms with Crippen molar-refractivity contribution in [3.63, 3.8) is 0 Å². The zero-order valence-corrected chi connectivity index (χ0v) is 18.6. The van der Waals surface area contributed by atoms with E-state index in [1.54, 1.807) is 32.9 Å². The van der Waals surface area contributed by atoms with E-state index in [1.165, 1.54) is 22.1 Å². The molecule has 0 aliphatic rings. The molecular weight excluding hydrogens is 436 g/mol. The van der Waals surface area contributed by atoms with E-state index in [0.29, 0.717) is 33.2 Å². The minimum atomic E-state index is -0.618. The van der Waals surface area contributed by atoms with Crippen molar-refractivity contribution < 1.29 is 14.1 Å². The first-order valence-corrected chi connectivity index (χ1v) is 10.6. The largest absolute Gasteiger partial charge is 0.454 e. The van der Waals surface area contributed by atoms with Gasteiger partial charge in [-0.25, -0.2) is 9.66 Å². The molecule has 4 aromatic heterocycles. The Hall–Kier alpha value is -3.80. The fourth-order valence-electron chi connectivity index (χ4n) is 3.43. The first kappa shape index (κ1) is 21.4. The number of furan rings is 1. The second-order valence-electron chi connectivity index (χ2n) is 7.23. The predicted octanol–water partition coefficient (Wildman–Crippen LogP) is 3.08. The maximum absolute atomic E-state index is 12.8. The van der Waals surface area contributed by atoms with Gasteiger partial charge in [-0.1, -0.05) is 6.92 Å². The van der Waals surface area contributed by atoms with Gasteiger partial charge in [0.1, 0.15) is 27.8 Å². The highest BCUT2D eigenvalue weighted by molar-refractivity contribution is 7.18. The summed E-state index contributed by atoms with van der Waals surface area (Å²) < 4.78 is 8.15. The molecule has 0 aliphatic carbocycles. The molecule has 0 bridgehead atoms. The van der Waals surface area contributed by atoms with Gasteiger partial charge in [-0.05, 0) is 45.4 Å². The lowest BCUT2D eigenvalue weighted by Gasteiger charge is -2.09. The lowest BCUT2D eigenvalue weighted by atomic mass is 10.3. The molecule has 0 unspecified atom stereocenters. The molecular formula is C20H20N6O5S. The number of carbonyl (C=O) groups is 1. The highest BCUT2D eigenvalue weighted by atomic mass is 32.1. The Kier molecular flexibility index (Phi) is 5.38. The topological polar surface area (TPSA) is 138 Å². The van der Waals surface area contributed by atoms with Crippen LogP contribution in [0.3, 0.4) is 0 Å². The summed E-state index contributed by atoms with van der Waals surface area (Å²) in [4.78, 5) is 42.3. The van der Waals surface area contributed by atoms with Crippen LogP contribution in [0.15, 0.2) is 27.4 Å². The molecule has 0 aliphatic heterocycles. The molecule has 0 atom stereocenters. The fourth-order valence-corrected chi connectivity index (χ4v) is 4.44. The zero-order valence-electron chi connectivity index (χ0n) is 17.8. The summed E-state index contributed by atoms with van der Waals surface area (Å²) in [5.41, 5.74) is 2.81. The summed E-state index contributed by atoms with van der Waals surface area (Å²) in [6, 6.07) is 4.84. The molecule has 0 saturated heterocycles. The van der Waals surface area contributed by atoms with Crippen LogP contribution >= 0.6 is 11.3 Å². The van der Waals surface area contributed by atoms with Crippen molar-refractivity contribution in [3.05, 3.63) is 72.3 Å². The van der Waals surface area contributed by atoms with E-state index in [9.17, 15) is 19.7 Å². The quantitative estimate of drug-likeness (QED) is 0.347. The van der Waals surface area contributed by atoms with Crippen LogP contribution in [0, 0.1) is 30.9 Å². The molecule has 4 heterocycles. The highest BCUT2D eigenvalue weighted by Crippen LogP contribution is 2.23. The van der Waals surface area contributed by atoms with E-state index in [1.807, 2.05) is 6.92 Å². The average molecular weight is 456 g/mol. The first-order valence-electron chi connectivity index (χ1n) is 9.80. The SMILES string of the molecule is CCc1cc2c(=O)n(NC(=O)c3ccc(Cn4nc(C)c([N+](=O)[O-])c4C)o3)c(C)nc2s1. The second kappa shape index (κ2) is 8.04. The summed E-state index contributed by atoms with van der Waals surface area (Å²) in [6.07, 6.45) is 0.791. The van der Waals surface area contributed by atoms with Crippen LogP contribution in [0.2, 0.25) is 0 Å². The number of rotatable bonds is 6. The van der Waals surface area contributed by atoms with Crippen molar-refractivity contribution in [1.82, 2.24) is 19.4 Å². The number of hydrogen-bond donors (Lipinski definition) is 1. The van der Waals surface area contributed by atoms with Crippen molar-refractivity contribution in [1.29, 1.82) is 0 Å². The van der Waals surface area contributed by atoms with Crippen molar-refractivity contribution in [2.75, 3.05) is 5.43 Å². The van der Waals surface area contributed by atoms with E-state index < -0.39 is 10.8 Å². The van der Waals surface area contributed by atoms with Crippen LogP contribution in [0.1, 0.15) is 45.3 Å². The van der Waals surface area contributed by atoms with Gasteiger partial charge in [-0.15, -0.1) is 11.3 Å². The standard InChI is InChI=1S/C20H20N6O5S/c1-5-14-8-15-19(32-14)21-12(4)25(20(15)28)23-18(27)16-7-6-13(31-16)9-24-11(3)17(26(29)30)10(2)22-24/h6-8H,5,9H2,1-4H3,(H,23,27). The number of aryl methyl sites for hydroxylation is 3. The average Bonchev–Trinajstić information content (AvgIpc) is 3.43. The Bertz CT molecular complexity index is 1430. The van der Waals surface area contributed by atoms with E-state index in [-0.39, 0.29) is 23.6 Å². The summed E-state index contributed by atoms with van der Waals surface area (Å²) >= 11 is 1.45. The van der Waals surface area contributed by atoms with Crippen molar-refractivity contribution >= 4 is 33.1 Å². The normalized spacial score (nSPS) is 11.2. The molecule has 12 heteroatoms. The van der Waals surface area contributed by atoms with Gasteiger partial charge in [0.05, 0.1) is 16.9 Å². The summed E-state index contributed by atoms with van der Waals surface area (Å²) in [7, 11) is 0. The number of aromatic nitrogens is 4. The van der Waals surface area contributed by atoms with E-state index >= 15 is 0 Å². The van der Waals surface area contributed by atoms with Crippen LogP contribution in [-0.2, 0) is 13.0 Å². The van der Waals surface area contributed by atoms with Crippen LogP contribution in [-0.4, -0.2) is 30.3 Å². The number of thiophene rings is 1. The number of nitrogens with zero attached hydrogens (tertiary/aromatic N) is 5. The van der Waals surface area contributed by atoms with Gasteiger partial charge in [-0.3, -0.25) is 29.8 Å². The number of fused-ring (bicyclic) bond motifs is 1. The Morgan fingerprint density at radius 3 is 2.72 bits per heavy atom. The van der Waals surface area contributed by atoms with Gasteiger partial charge >= 0.3 is 11.6 Å². The van der Waals surface area contributed by atoms with Crippen molar-refractivity contribution in [2.45, 2.75) is 40.7 Å². The number of hydrogen-bond acceptors (Lipinski definition) is 8. The maximum Gasteiger partial charge on any atom is 0.312 e. The molecule has 4 aromatic rings. The maximum atomic E-state index is 12.8. The van der Waals surface area contributed by atoms with Crippen LogP contribution in [0.4, 0.5) is 5.69 Å². The molecule has 11 nitrogen and oxygen atoms in total. The van der Waals surface area contributed by atoms with Gasteiger partial charge in [0.2, 0.25) is 0 Å². The molecule has 0 radical (unpaired) electrons. The molecule has 0 spiro atoms. The summed E-state index contributed by atoms with van der Waals surface area (Å²) in [5.74, 6) is 0.107. The van der Waals surface area contributed by atoms with Crippen molar-refractivity contribution in [3.8, 4) is 0 Å². The molecule has 32 heavy (non-hydrogen) atoms. The van der Waals surface area contributed by atoms with Gasteiger partial charge < -0.3 is 4.42 Å². The number of amides is 1. The molecule has 1 N–H and O–H groups in total. The smallest absolute Gasteiger partial charge is 0.312 e. The van der Waals surface area contributed by atoms with E-state index in [4.69, 9.17) is 4.42 Å². The lowest BCUT2D eigenvalue weighted by molar-refractivity contribution is -0.386.